The molecular weight excluding hydrogens is 1000 g/mol. The van der Waals surface area contributed by atoms with Crippen molar-refractivity contribution in [2.24, 2.45) is 0 Å². The predicted octanol–water partition coefficient (Wildman–Crippen LogP) is 5.86. The fourth-order valence-electron chi connectivity index (χ4n) is 8.67. The zero-order chi connectivity index (χ0) is 53.9. The van der Waals surface area contributed by atoms with Crippen molar-refractivity contribution in [2.45, 2.75) is 58.2 Å². The number of hydrogen-bond donors (Lipinski definition) is 7. The highest BCUT2D eigenvalue weighted by Gasteiger charge is 2.31. The van der Waals surface area contributed by atoms with Crippen LogP contribution in [0.1, 0.15) is 69.8 Å². The van der Waals surface area contributed by atoms with Crippen LogP contribution in [-0.4, -0.2) is 129 Å². The molecule has 8 N–H and O–H groups in total. The molecule has 25 heteroatoms. The summed E-state index contributed by atoms with van der Waals surface area (Å²) >= 11 is 7.01. The van der Waals surface area contributed by atoms with Crippen LogP contribution >= 0.6 is 11.6 Å². The molecule has 8 rings (SSSR count). The highest BCUT2D eigenvalue weighted by atomic mass is 35.5. The van der Waals surface area contributed by atoms with Gasteiger partial charge < -0.3 is 60.8 Å². The van der Waals surface area contributed by atoms with Gasteiger partial charge in [-0.2, -0.15) is 19.5 Å². The highest BCUT2D eigenvalue weighted by Crippen LogP contribution is 2.39. The minimum Gasteiger partial charge on any atom is -0.496 e. The summed E-state index contributed by atoms with van der Waals surface area (Å²) < 4.78 is 29.2. The number of carboxylic acids is 1. The number of ether oxygens (including phenoxy) is 4. The molecule has 398 valence electrons. The summed E-state index contributed by atoms with van der Waals surface area (Å²) in [5, 5.41) is 29.4. The Bertz CT molecular complexity index is 3190. The topological polar surface area (TPSA) is 310 Å². The van der Waals surface area contributed by atoms with E-state index in [1.54, 1.807) is 42.5 Å². The Morgan fingerprint density at radius 3 is 2.17 bits per heavy atom. The fraction of sp³-hybridized carbons (Fsp3) is 0.333. The van der Waals surface area contributed by atoms with Crippen LogP contribution in [0.3, 0.4) is 0 Å². The number of furan rings is 1. The summed E-state index contributed by atoms with van der Waals surface area (Å²) in [6, 6.07) is 16.3. The minimum atomic E-state index is -0.901. The number of nitrogen functional groups attached to an aromatic ring is 1. The smallest absolute Gasteiger partial charge is 0.320 e. The van der Waals surface area contributed by atoms with Gasteiger partial charge in [-0.25, -0.2) is 9.97 Å². The number of fused-ring (bicyclic) bond motifs is 1. The molecule has 1 aliphatic heterocycles. The molecule has 76 heavy (non-hydrogen) atoms. The zero-order valence-corrected chi connectivity index (χ0v) is 43.1. The number of benzene rings is 2. The maximum absolute atomic E-state index is 13.8. The Labute approximate surface area is 441 Å². The fourth-order valence-corrected chi connectivity index (χ4v) is 8.94. The Kier molecular flexibility index (Phi) is 17.4. The van der Waals surface area contributed by atoms with Crippen molar-refractivity contribution in [3.63, 3.8) is 0 Å². The van der Waals surface area contributed by atoms with Crippen molar-refractivity contribution >= 4 is 64.3 Å². The Morgan fingerprint density at radius 1 is 0.803 bits per heavy atom. The SMILES string of the molecule is COc1cc(C(=O)Nc2cccc(-c3cccc(NC(=O)c4cc(OC)c(CN5CCCC[C@H]5C(=O)O)c(OC)n4)c3Cl)c2C)nc(OC)c1CNCCNC(=O)CCCNc1nc(N)n2nc(-c3ccco3)nc2n1. The van der Waals surface area contributed by atoms with Gasteiger partial charge in [0.05, 0.1) is 56.5 Å². The summed E-state index contributed by atoms with van der Waals surface area (Å²) in [7, 11) is 5.80. The third-order valence-electron chi connectivity index (χ3n) is 12.5. The van der Waals surface area contributed by atoms with Crippen LogP contribution in [0.5, 0.6) is 23.3 Å². The lowest BCUT2D eigenvalue weighted by atomic mass is 9.98. The molecule has 6 heterocycles. The number of anilines is 4. The van der Waals surface area contributed by atoms with Crippen LogP contribution in [0.2, 0.25) is 5.02 Å². The van der Waals surface area contributed by atoms with Gasteiger partial charge >= 0.3 is 5.97 Å². The summed E-state index contributed by atoms with van der Waals surface area (Å²) in [5.41, 5.74) is 9.89. The second kappa shape index (κ2) is 24.6. The van der Waals surface area contributed by atoms with E-state index >= 15 is 0 Å². The van der Waals surface area contributed by atoms with E-state index in [9.17, 15) is 24.3 Å². The van der Waals surface area contributed by atoms with E-state index in [0.29, 0.717) is 101 Å². The number of carboxylic acid groups (broad SMARTS) is 1. The monoisotopic (exact) mass is 1060 g/mol. The lowest BCUT2D eigenvalue weighted by Crippen LogP contribution is -2.44. The maximum atomic E-state index is 13.8. The van der Waals surface area contributed by atoms with Crippen LogP contribution < -0.4 is 51.3 Å². The number of carbonyl (C=O) groups excluding carboxylic acids is 3. The molecule has 1 fully saturated rings. The lowest BCUT2D eigenvalue weighted by Gasteiger charge is -2.33. The van der Waals surface area contributed by atoms with E-state index in [1.165, 1.54) is 51.4 Å². The molecule has 7 aromatic rings. The second-order valence-corrected chi connectivity index (χ2v) is 17.7. The molecule has 0 spiro atoms. The van der Waals surface area contributed by atoms with E-state index in [2.05, 4.69) is 56.6 Å². The summed E-state index contributed by atoms with van der Waals surface area (Å²) in [6.45, 7) is 4.03. The van der Waals surface area contributed by atoms with Crippen molar-refractivity contribution in [1.29, 1.82) is 0 Å². The number of methoxy groups -OCH3 is 4. The number of rotatable bonds is 23. The van der Waals surface area contributed by atoms with Gasteiger partial charge in [0.25, 0.3) is 17.6 Å². The van der Waals surface area contributed by atoms with Crippen molar-refractivity contribution in [2.75, 3.05) is 76.3 Å². The molecule has 24 nitrogen and oxygen atoms in total. The number of aromatic nitrogens is 7. The molecule has 0 unspecified atom stereocenters. The summed E-state index contributed by atoms with van der Waals surface area (Å²) in [4.78, 5) is 76.0. The normalized spacial score (nSPS) is 13.5. The number of carbonyl (C=O) groups is 4. The molecule has 0 aliphatic carbocycles. The van der Waals surface area contributed by atoms with E-state index < -0.39 is 23.8 Å². The average molecular weight is 1060 g/mol. The number of pyridine rings is 2. The first-order chi connectivity index (χ1) is 36.8. The Balaban J connectivity index is 0.844. The van der Waals surface area contributed by atoms with Crippen LogP contribution in [0, 0.1) is 6.92 Å². The average Bonchev–Trinajstić information content (AvgIpc) is 4.13. The molecule has 0 radical (unpaired) electrons. The van der Waals surface area contributed by atoms with Crippen LogP contribution in [0.4, 0.5) is 23.3 Å². The second-order valence-electron chi connectivity index (χ2n) is 17.4. The Hall–Kier alpha value is -8.61. The van der Waals surface area contributed by atoms with Gasteiger partial charge in [0.1, 0.15) is 28.9 Å². The standard InChI is InChI=1S/C51H57ClN14O10/c1-28-29(30-13-9-15-34(42(30)52)58-45(69)36-25-40(73-3)32(47(60-36)75-5)27-65-22-7-6-16-37(65)48(70)71)12-8-14-33(28)57-44(68)35-24-39(72-2)31(46(59-35)74-4)26-54-20-21-55-41(67)18-10-19-56-50-62-49(53)66-51(63-50)61-43(64-66)38-17-11-23-76-38/h8-9,11-15,17,23-25,37,54H,6-7,10,16,18-22,26-27H2,1-5H3,(H,55,67)(H,57,68)(H,58,69)(H,70,71)(H3,53,56,61,62,63,64)/t37-/m0/s1. The number of halogens is 1. The zero-order valence-electron chi connectivity index (χ0n) is 42.4. The van der Waals surface area contributed by atoms with Gasteiger partial charge in [-0.05, 0) is 68.1 Å². The van der Waals surface area contributed by atoms with Gasteiger partial charge in [0.15, 0.2) is 5.76 Å². The first-order valence-electron chi connectivity index (χ1n) is 24.2. The van der Waals surface area contributed by atoms with E-state index in [4.69, 9.17) is 40.7 Å². The van der Waals surface area contributed by atoms with Crippen LogP contribution in [-0.2, 0) is 22.7 Å². The molecule has 0 bridgehead atoms. The van der Waals surface area contributed by atoms with Gasteiger partial charge in [-0.1, -0.05) is 42.3 Å². The molecule has 1 atom stereocenters. The number of piperidine rings is 1. The molecule has 0 saturated carbocycles. The largest absolute Gasteiger partial charge is 0.496 e. The van der Waals surface area contributed by atoms with E-state index in [1.807, 2.05) is 17.9 Å². The highest BCUT2D eigenvalue weighted by molar-refractivity contribution is 6.36. The lowest BCUT2D eigenvalue weighted by molar-refractivity contribution is -0.144. The van der Waals surface area contributed by atoms with Crippen LogP contribution in [0.15, 0.2) is 71.3 Å². The third-order valence-corrected chi connectivity index (χ3v) is 12.9. The molecule has 2 aromatic carbocycles. The Morgan fingerprint density at radius 2 is 1.49 bits per heavy atom. The van der Waals surface area contributed by atoms with Crippen molar-refractivity contribution in [3.05, 3.63) is 100 Å². The summed E-state index contributed by atoms with van der Waals surface area (Å²) in [5.74, 6) is 0.211. The number of hydrogen-bond acceptors (Lipinski definition) is 19. The minimum absolute atomic E-state index is 0.0111. The van der Waals surface area contributed by atoms with Gasteiger partial charge in [-0.3, -0.25) is 24.1 Å². The number of nitrogens with one attached hydrogen (secondary N) is 5. The molecule has 1 aliphatic rings. The third kappa shape index (κ3) is 12.3. The first kappa shape index (κ1) is 53.7. The molecule has 1 saturated heterocycles. The molecular formula is C51H57ClN14O10. The molecule has 5 aromatic heterocycles. The van der Waals surface area contributed by atoms with Gasteiger partial charge in [-0.15, -0.1) is 5.10 Å². The van der Waals surface area contributed by atoms with E-state index in [0.717, 1.165) is 12.8 Å². The quantitative estimate of drug-likeness (QED) is 0.0369. The van der Waals surface area contributed by atoms with Crippen molar-refractivity contribution in [3.8, 4) is 46.0 Å². The predicted molar refractivity (Wildman–Crippen MR) is 281 cm³/mol. The number of amides is 3. The number of likely N-dealkylation sites (tertiary alicyclic amines) is 1. The van der Waals surface area contributed by atoms with E-state index in [-0.39, 0.29) is 71.3 Å². The number of nitrogens with zero attached hydrogens (tertiary/aromatic N) is 8. The summed E-state index contributed by atoms with van der Waals surface area (Å²) in [6.07, 6.45) is 4.46. The maximum Gasteiger partial charge on any atom is 0.320 e. The first-order valence-corrected chi connectivity index (χ1v) is 24.6. The van der Waals surface area contributed by atoms with Crippen LogP contribution in [0.25, 0.3) is 28.5 Å². The van der Waals surface area contributed by atoms with Crippen molar-refractivity contribution < 1.29 is 47.6 Å². The number of nitrogens with two attached hydrogens (primary N) is 1. The molecule has 3 amide bonds. The number of aliphatic carboxylic acids is 1. The van der Waals surface area contributed by atoms with Gasteiger partial charge in [0, 0.05) is 62.5 Å². The van der Waals surface area contributed by atoms with Gasteiger partial charge in [0.2, 0.25) is 35.4 Å². The van der Waals surface area contributed by atoms with Crippen molar-refractivity contribution in [1.82, 2.24) is 50.1 Å².